The molecule has 1 atom stereocenters. The Hall–Kier alpha value is -1.55. The second-order valence-electron chi connectivity index (χ2n) is 5.83. The molecule has 4 nitrogen and oxygen atoms in total. The number of aliphatic hydroxyl groups is 1. The van der Waals surface area contributed by atoms with Crippen LogP contribution >= 0.6 is 0 Å². The van der Waals surface area contributed by atoms with E-state index in [0.717, 1.165) is 5.56 Å². The summed E-state index contributed by atoms with van der Waals surface area (Å²) in [6, 6.07) is 7.62. The molecule has 1 unspecified atom stereocenters. The fourth-order valence-corrected chi connectivity index (χ4v) is 1.56. The molecule has 106 valence electrons. The summed E-state index contributed by atoms with van der Waals surface area (Å²) in [5, 5.41) is 9.87. The molecule has 19 heavy (non-hydrogen) atoms. The summed E-state index contributed by atoms with van der Waals surface area (Å²) in [4.78, 5) is 11.3. The van der Waals surface area contributed by atoms with Crippen LogP contribution in [0.15, 0.2) is 24.3 Å². The van der Waals surface area contributed by atoms with Gasteiger partial charge in [0.1, 0.15) is 12.4 Å². The van der Waals surface area contributed by atoms with Crippen molar-refractivity contribution in [2.24, 2.45) is 0 Å². The van der Waals surface area contributed by atoms with Crippen LogP contribution in [0.2, 0.25) is 0 Å². The van der Waals surface area contributed by atoms with Crippen molar-refractivity contribution >= 4 is 5.97 Å². The van der Waals surface area contributed by atoms with Gasteiger partial charge in [0.25, 0.3) is 0 Å². The molecule has 1 aromatic carbocycles. The minimum absolute atomic E-state index is 0.0181. The van der Waals surface area contributed by atoms with Crippen LogP contribution in [-0.4, -0.2) is 30.4 Å². The van der Waals surface area contributed by atoms with Gasteiger partial charge in [-0.3, -0.25) is 0 Å². The Balaban J connectivity index is 2.77. The molecule has 0 fully saturated rings. The molecule has 0 spiro atoms. The van der Waals surface area contributed by atoms with Gasteiger partial charge in [0.05, 0.1) is 7.11 Å². The Bertz CT molecular complexity index is 444. The molecule has 0 aliphatic rings. The Kier molecular flexibility index (Phi) is 4.58. The molecule has 4 heteroatoms. The summed E-state index contributed by atoms with van der Waals surface area (Å²) < 4.78 is 9.99. The number of methoxy groups -OCH3 is 1. The normalized spacial score (nSPS) is 14.6. The highest BCUT2D eigenvalue weighted by Crippen LogP contribution is 2.26. The zero-order chi connectivity index (χ0) is 14.7. The van der Waals surface area contributed by atoms with Gasteiger partial charge in [-0.05, 0) is 30.0 Å². The van der Waals surface area contributed by atoms with Crippen LogP contribution in [0.1, 0.15) is 33.3 Å². The van der Waals surface area contributed by atoms with Crippen molar-refractivity contribution in [3.05, 3.63) is 29.8 Å². The van der Waals surface area contributed by atoms with Crippen LogP contribution in [0.5, 0.6) is 5.75 Å². The number of hydrogen-bond donors (Lipinski definition) is 1. The molecule has 0 aromatic heterocycles. The molecule has 0 amide bonds. The van der Waals surface area contributed by atoms with Gasteiger partial charge >= 0.3 is 5.97 Å². The van der Waals surface area contributed by atoms with Gasteiger partial charge in [-0.2, -0.15) is 0 Å². The second-order valence-corrected chi connectivity index (χ2v) is 5.83. The van der Waals surface area contributed by atoms with E-state index < -0.39 is 11.6 Å². The highest BCUT2D eigenvalue weighted by atomic mass is 16.6. The number of rotatable bonds is 4. The van der Waals surface area contributed by atoms with Crippen molar-refractivity contribution in [2.75, 3.05) is 13.7 Å². The van der Waals surface area contributed by atoms with Crippen molar-refractivity contribution in [3.63, 3.8) is 0 Å². The fraction of sp³-hybridized carbons (Fsp3) is 0.533. The minimum Gasteiger partial charge on any atom is -0.490 e. The van der Waals surface area contributed by atoms with Crippen molar-refractivity contribution in [2.45, 2.75) is 38.7 Å². The van der Waals surface area contributed by atoms with Crippen molar-refractivity contribution in [3.8, 4) is 5.75 Å². The summed E-state index contributed by atoms with van der Waals surface area (Å²) in [6.07, 6.45) is 0. The van der Waals surface area contributed by atoms with E-state index >= 15 is 0 Å². The highest BCUT2D eigenvalue weighted by Gasteiger charge is 2.32. The number of ether oxygens (including phenoxy) is 2. The van der Waals surface area contributed by atoms with Crippen LogP contribution < -0.4 is 4.74 Å². The van der Waals surface area contributed by atoms with Crippen LogP contribution in [0.25, 0.3) is 0 Å². The molecule has 0 aliphatic carbocycles. The largest absolute Gasteiger partial charge is 0.490 e. The quantitative estimate of drug-likeness (QED) is 0.849. The van der Waals surface area contributed by atoms with E-state index in [0.29, 0.717) is 5.75 Å². The van der Waals surface area contributed by atoms with Crippen molar-refractivity contribution < 1.29 is 19.4 Å². The lowest BCUT2D eigenvalue weighted by atomic mass is 9.87. The lowest BCUT2D eigenvalue weighted by Crippen LogP contribution is -2.42. The van der Waals surface area contributed by atoms with Gasteiger partial charge < -0.3 is 14.6 Å². The van der Waals surface area contributed by atoms with E-state index in [9.17, 15) is 9.90 Å². The maximum absolute atomic E-state index is 11.3. The van der Waals surface area contributed by atoms with Gasteiger partial charge in [0.2, 0.25) is 0 Å². The zero-order valence-electron chi connectivity index (χ0n) is 12.2. The SMILES string of the molecule is COC(=O)C(C)(O)COc1cccc(C(C)(C)C)c1. The van der Waals surface area contributed by atoms with Gasteiger partial charge in [-0.25, -0.2) is 4.79 Å². The zero-order valence-corrected chi connectivity index (χ0v) is 12.2. The summed E-state index contributed by atoms with van der Waals surface area (Å²) in [5.74, 6) is -0.0870. The molecule has 0 saturated carbocycles. The summed E-state index contributed by atoms with van der Waals surface area (Å²) in [6.45, 7) is 7.55. The third kappa shape index (κ3) is 4.24. The van der Waals surface area contributed by atoms with E-state index in [1.165, 1.54) is 14.0 Å². The Morgan fingerprint density at radius 1 is 1.26 bits per heavy atom. The van der Waals surface area contributed by atoms with Crippen molar-refractivity contribution in [1.82, 2.24) is 0 Å². The van der Waals surface area contributed by atoms with E-state index in [4.69, 9.17) is 4.74 Å². The van der Waals surface area contributed by atoms with E-state index in [-0.39, 0.29) is 12.0 Å². The number of esters is 1. The molecule has 1 aromatic rings. The molecule has 0 bridgehead atoms. The first kappa shape index (κ1) is 15.5. The Labute approximate surface area is 114 Å². The van der Waals surface area contributed by atoms with Crippen LogP contribution in [-0.2, 0) is 14.9 Å². The number of benzene rings is 1. The highest BCUT2D eigenvalue weighted by molar-refractivity contribution is 5.78. The second kappa shape index (κ2) is 5.61. The predicted molar refractivity (Wildman–Crippen MR) is 73.3 cm³/mol. The summed E-state index contributed by atoms with van der Waals surface area (Å²) in [7, 11) is 1.23. The Morgan fingerprint density at radius 2 is 1.89 bits per heavy atom. The van der Waals surface area contributed by atoms with Gasteiger partial charge in [0.15, 0.2) is 5.60 Å². The maximum atomic E-state index is 11.3. The Morgan fingerprint density at radius 3 is 2.42 bits per heavy atom. The van der Waals surface area contributed by atoms with Crippen molar-refractivity contribution in [1.29, 1.82) is 0 Å². The van der Waals surface area contributed by atoms with Crippen LogP contribution in [0, 0.1) is 0 Å². The van der Waals surface area contributed by atoms with Gasteiger partial charge in [-0.1, -0.05) is 32.9 Å². The molecule has 0 heterocycles. The monoisotopic (exact) mass is 266 g/mol. The predicted octanol–water partition coefficient (Wildman–Crippen LogP) is 2.29. The maximum Gasteiger partial charge on any atom is 0.341 e. The van der Waals surface area contributed by atoms with E-state index in [2.05, 4.69) is 25.5 Å². The third-order valence-electron chi connectivity index (χ3n) is 2.85. The number of carbonyl (C=O) groups excluding carboxylic acids is 1. The molecular weight excluding hydrogens is 244 g/mol. The van der Waals surface area contributed by atoms with E-state index in [1.807, 2.05) is 18.2 Å². The first-order chi connectivity index (χ1) is 8.66. The van der Waals surface area contributed by atoms with Gasteiger partial charge in [-0.15, -0.1) is 0 Å². The number of hydrogen-bond acceptors (Lipinski definition) is 4. The fourth-order valence-electron chi connectivity index (χ4n) is 1.56. The lowest BCUT2D eigenvalue weighted by Gasteiger charge is -2.22. The third-order valence-corrected chi connectivity index (χ3v) is 2.85. The average molecular weight is 266 g/mol. The topological polar surface area (TPSA) is 55.8 Å². The van der Waals surface area contributed by atoms with Crippen LogP contribution in [0.4, 0.5) is 0 Å². The lowest BCUT2D eigenvalue weighted by molar-refractivity contribution is -0.163. The summed E-state index contributed by atoms with van der Waals surface area (Å²) in [5.41, 5.74) is -0.501. The molecule has 1 N–H and O–H groups in total. The summed E-state index contributed by atoms with van der Waals surface area (Å²) >= 11 is 0. The smallest absolute Gasteiger partial charge is 0.341 e. The minimum atomic E-state index is -1.65. The van der Waals surface area contributed by atoms with E-state index in [1.54, 1.807) is 6.07 Å². The standard InChI is InChI=1S/C15H22O4/c1-14(2,3)11-7-6-8-12(9-11)19-10-15(4,17)13(16)18-5/h6-9,17H,10H2,1-5H3. The molecule has 1 rings (SSSR count). The first-order valence-corrected chi connectivity index (χ1v) is 6.21. The first-order valence-electron chi connectivity index (χ1n) is 6.21. The van der Waals surface area contributed by atoms with Gasteiger partial charge in [0, 0.05) is 0 Å². The average Bonchev–Trinajstić information content (AvgIpc) is 2.35. The molecule has 0 radical (unpaired) electrons. The molecule has 0 aliphatic heterocycles. The molecule has 0 saturated heterocycles. The number of carbonyl (C=O) groups is 1. The molecular formula is C15H22O4. The van der Waals surface area contributed by atoms with Crippen LogP contribution in [0.3, 0.4) is 0 Å².